The molecule has 0 atom stereocenters. The van der Waals surface area contributed by atoms with Crippen LogP contribution in [0.4, 0.5) is 0 Å². The van der Waals surface area contributed by atoms with E-state index in [2.05, 4.69) is 9.58 Å². The molecule has 124 valence electrons. The molecule has 0 aromatic carbocycles. The fourth-order valence-electron chi connectivity index (χ4n) is 2.02. The van der Waals surface area contributed by atoms with Crippen molar-refractivity contribution in [2.75, 3.05) is 0 Å². The standard InChI is InChI=1S/C12H8N4O6S2/c13-15-7-1-3-9(11(5-7)23(17,18)19)10-4-2-8(16-14)6-12(10)24(20,21)22/h1-6H,(H,17,18,19)(H,20,21,22). The second-order valence-corrected chi connectivity index (χ2v) is 7.29. The third kappa shape index (κ3) is 3.44. The van der Waals surface area contributed by atoms with Crippen LogP contribution in [-0.4, -0.2) is 46.9 Å². The molecular weight excluding hydrogens is 360 g/mol. The van der Waals surface area contributed by atoms with Crippen LogP contribution in [-0.2, 0) is 20.2 Å². The van der Waals surface area contributed by atoms with Gasteiger partial charge in [-0.2, -0.15) is 26.4 Å². The smallest absolute Gasteiger partial charge is 0.316 e. The average molecular weight is 368 g/mol. The van der Waals surface area contributed by atoms with Crippen LogP contribution in [0.1, 0.15) is 0 Å². The summed E-state index contributed by atoms with van der Waals surface area (Å²) in [5, 5.41) is 0. The number of nitrogens with zero attached hydrogens (tertiary/aromatic N) is 4. The first-order valence-electron chi connectivity index (χ1n) is 6.01. The zero-order valence-corrected chi connectivity index (χ0v) is 13.2. The summed E-state index contributed by atoms with van der Waals surface area (Å²) in [4.78, 5) is 4.09. The summed E-state index contributed by atoms with van der Waals surface area (Å²) in [6.45, 7) is 0. The third-order valence-electron chi connectivity index (χ3n) is 3.01. The Balaban J connectivity index is 2.88. The summed E-state index contributed by atoms with van der Waals surface area (Å²) in [6, 6.07) is 0. The molecule has 2 rings (SSSR count). The molecule has 0 radical (unpaired) electrons. The monoisotopic (exact) mass is 368 g/mol. The van der Waals surface area contributed by atoms with Gasteiger partial charge in [-0.05, 0) is 12.2 Å². The SMILES string of the molecule is [N-]=[N+]=C1C=CC(=C2C=CC(=[N+]=[N-])C=C2S(=O)(=O)O)C(S(=O)(=O)O)=C1. The van der Waals surface area contributed by atoms with E-state index >= 15 is 0 Å². The van der Waals surface area contributed by atoms with Gasteiger partial charge in [0.1, 0.15) is 9.81 Å². The first-order chi connectivity index (χ1) is 11.1. The van der Waals surface area contributed by atoms with Crippen molar-refractivity contribution in [3.63, 3.8) is 0 Å². The third-order valence-corrected chi connectivity index (χ3v) is 4.79. The largest absolute Gasteiger partial charge is 0.361 e. The predicted molar refractivity (Wildman–Crippen MR) is 81.8 cm³/mol. The molecule has 0 bridgehead atoms. The molecule has 24 heavy (non-hydrogen) atoms. The Bertz CT molecular complexity index is 1000. The maximum atomic E-state index is 11.5. The predicted octanol–water partition coefficient (Wildman–Crippen LogP) is 0.308. The van der Waals surface area contributed by atoms with Crippen LogP contribution in [0.3, 0.4) is 0 Å². The number of hydrogen-bond donors (Lipinski definition) is 2. The molecule has 12 heteroatoms. The molecule has 2 aliphatic rings. The van der Waals surface area contributed by atoms with E-state index in [1.54, 1.807) is 0 Å². The first-order valence-corrected chi connectivity index (χ1v) is 8.89. The van der Waals surface area contributed by atoms with E-state index in [-0.39, 0.29) is 22.6 Å². The van der Waals surface area contributed by atoms with Crippen molar-refractivity contribution < 1.29 is 35.5 Å². The highest BCUT2D eigenvalue weighted by Gasteiger charge is 2.31. The lowest BCUT2D eigenvalue weighted by Crippen LogP contribution is -2.16. The lowest BCUT2D eigenvalue weighted by Gasteiger charge is -2.15. The summed E-state index contributed by atoms with van der Waals surface area (Å²) in [5.41, 5.74) is 16.5. The normalized spacial score (nSPS) is 21.1. The summed E-state index contributed by atoms with van der Waals surface area (Å²) in [5.74, 6) is 0. The van der Waals surface area contributed by atoms with Crippen LogP contribution in [0.25, 0.3) is 11.1 Å². The summed E-state index contributed by atoms with van der Waals surface area (Å²) < 4.78 is 64.8. The van der Waals surface area contributed by atoms with E-state index < -0.39 is 30.0 Å². The average Bonchev–Trinajstić information content (AvgIpc) is 2.52. The van der Waals surface area contributed by atoms with E-state index in [1.165, 1.54) is 0 Å². The van der Waals surface area contributed by atoms with E-state index in [0.717, 1.165) is 36.5 Å². The summed E-state index contributed by atoms with van der Waals surface area (Å²) in [6.07, 6.45) is 6.09. The molecule has 0 saturated carbocycles. The molecule has 0 aliphatic heterocycles. The van der Waals surface area contributed by atoms with Gasteiger partial charge < -0.3 is 11.1 Å². The molecule has 2 N–H and O–H groups in total. The molecule has 10 nitrogen and oxygen atoms in total. The maximum absolute atomic E-state index is 11.5. The number of rotatable bonds is 2. The molecular formula is C12H8N4O6S2. The van der Waals surface area contributed by atoms with Crippen LogP contribution in [0.2, 0.25) is 0 Å². The molecule has 0 spiro atoms. The van der Waals surface area contributed by atoms with Gasteiger partial charge in [-0.25, -0.2) is 0 Å². The Morgan fingerprint density at radius 2 is 1.04 bits per heavy atom. The Kier molecular flexibility index (Phi) is 4.45. The van der Waals surface area contributed by atoms with Crippen LogP contribution in [0, 0.1) is 0 Å². The van der Waals surface area contributed by atoms with Crippen molar-refractivity contribution >= 4 is 31.7 Å². The molecule has 0 fully saturated rings. The molecule has 0 amide bonds. The van der Waals surface area contributed by atoms with Gasteiger partial charge >= 0.3 is 11.4 Å². The Morgan fingerprint density at radius 3 is 1.29 bits per heavy atom. The molecule has 2 aliphatic carbocycles. The van der Waals surface area contributed by atoms with E-state index in [4.69, 9.17) is 11.1 Å². The van der Waals surface area contributed by atoms with Crippen molar-refractivity contribution in [1.82, 2.24) is 0 Å². The van der Waals surface area contributed by atoms with Gasteiger partial charge in [0.2, 0.25) is 0 Å². The highest BCUT2D eigenvalue weighted by molar-refractivity contribution is 7.90. The minimum Gasteiger partial charge on any atom is -0.361 e. The highest BCUT2D eigenvalue weighted by Crippen LogP contribution is 2.32. The van der Waals surface area contributed by atoms with Crippen molar-refractivity contribution in [3.8, 4) is 0 Å². The van der Waals surface area contributed by atoms with Gasteiger partial charge in [0, 0.05) is 35.5 Å². The lowest BCUT2D eigenvalue weighted by molar-refractivity contribution is -0.00208. The zero-order chi connectivity index (χ0) is 18.1. The van der Waals surface area contributed by atoms with Gasteiger partial charge in [-0.1, -0.05) is 0 Å². The minimum absolute atomic E-state index is 0.207. The van der Waals surface area contributed by atoms with E-state index in [0.29, 0.717) is 0 Å². The van der Waals surface area contributed by atoms with Gasteiger partial charge in [-0.3, -0.25) is 9.11 Å². The Labute approximate surface area is 136 Å². The highest BCUT2D eigenvalue weighted by atomic mass is 32.2. The van der Waals surface area contributed by atoms with Crippen LogP contribution < -0.4 is 0 Å². The van der Waals surface area contributed by atoms with E-state index in [1.807, 2.05) is 0 Å². The second-order valence-electron chi connectivity index (χ2n) is 4.51. The summed E-state index contributed by atoms with van der Waals surface area (Å²) >= 11 is 0. The van der Waals surface area contributed by atoms with Crippen LogP contribution in [0.15, 0.2) is 57.4 Å². The maximum Gasteiger partial charge on any atom is 0.316 e. The molecule has 0 aromatic rings. The number of allylic oxidation sites excluding steroid dienone is 8. The topological polar surface area (TPSA) is 182 Å². The van der Waals surface area contributed by atoms with Crippen molar-refractivity contribution in [2.24, 2.45) is 0 Å². The molecule has 0 saturated heterocycles. The van der Waals surface area contributed by atoms with Crippen molar-refractivity contribution in [3.05, 3.63) is 68.5 Å². The van der Waals surface area contributed by atoms with Crippen molar-refractivity contribution in [1.29, 1.82) is 0 Å². The second kappa shape index (κ2) is 6.06. The van der Waals surface area contributed by atoms with Gasteiger partial charge in [0.05, 0.1) is 0 Å². The zero-order valence-electron chi connectivity index (χ0n) is 11.6. The fourth-order valence-corrected chi connectivity index (χ4v) is 3.47. The molecule has 0 aromatic heterocycles. The number of hydrogen-bond acceptors (Lipinski definition) is 4. The van der Waals surface area contributed by atoms with Gasteiger partial charge in [0.15, 0.2) is 0 Å². The molecule has 0 heterocycles. The molecule has 0 unspecified atom stereocenters. The Hall–Kier alpha value is -2.72. The van der Waals surface area contributed by atoms with Gasteiger partial charge in [0.25, 0.3) is 20.2 Å². The Morgan fingerprint density at radius 1 is 0.708 bits per heavy atom. The lowest BCUT2D eigenvalue weighted by atomic mass is 9.98. The van der Waals surface area contributed by atoms with Gasteiger partial charge in [-0.15, -0.1) is 0 Å². The summed E-state index contributed by atoms with van der Waals surface area (Å²) in [7, 11) is -9.63. The van der Waals surface area contributed by atoms with Crippen molar-refractivity contribution in [2.45, 2.75) is 0 Å². The minimum atomic E-state index is -4.81. The quantitative estimate of drug-likeness (QED) is 0.401. The van der Waals surface area contributed by atoms with Crippen LogP contribution >= 0.6 is 0 Å². The first kappa shape index (κ1) is 17.6. The van der Waals surface area contributed by atoms with E-state index in [9.17, 15) is 25.9 Å². The fraction of sp³-hybridized carbons (Fsp3) is 0. The van der Waals surface area contributed by atoms with Crippen LogP contribution in [0.5, 0.6) is 0 Å².